The third kappa shape index (κ3) is 3.07. The van der Waals surface area contributed by atoms with Crippen molar-refractivity contribution in [1.82, 2.24) is 5.32 Å². The normalized spacial score (nSPS) is 16.1. The number of carbonyl (C=O) groups is 1. The van der Waals surface area contributed by atoms with Gasteiger partial charge in [0.2, 0.25) is 0 Å². The molecule has 0 saturated heterocycles. The molecular formula is C18H19NO2. The van der Waals surface area contributed by atoms with Crippen LogP contribution in [0.4, 0.5) is 0 Å². The molecule has 0 aromatic heterocycles. The summed E-state index contributed by atoms with van der Waals surface area (Å²) in [5.41, 5.74) is 3.64. The van der Waals surface area contributed by atoms with Gasteiger partial charge in [-0.3, -0.25) is 4.79 Å². The van der Waals surface area contributed by atoms with Gasteiger partial charge in [0.15, 0.2) is 6.10 Å². The van der Waals surface area contributed by atoms with Crippen molar-refractivity contribution in [2.24, 2.45) is 0 Å². The van der Waals surface area contributed by atoms with Crippen molar-refractivity contribution in [2.45, 2.75) is 25.9 Å². The molecule has 2 aromatic rings. The van der Waals surface area contributed by atoms with E-state index in [9.17, 15) is 4.79 Å². The summed E-state index contributed by atoms with van der Waals surface area (Å²) in [7, 11) is 0. The van der Waals surface area contributed by atoms with Crippen molar-refractivity contribution < 1.29 is 9.53 Å². The molecule has 0 spiro atoms. The Labute approximate surface area is 124 Å². The number of fused-ring (bicyclic) bond motifs is 1. The average molecular weight is 281 g/mol. The standard InChI is InChI=1S/C18H19NO2/c1-13-6-2-3-7-14(13)10-11-19-18(20)17-12-15-8-4-5-9-16(15)21-17/h2-9,17H,10-12H2,1H3,(H,19,20). The molecule has 2 aromatic carbocycles. The number of para-hydroxylation sites is 1. The Morgan fingerprint density at radius 3 is 2.76 bits per heavy atom. The van der Waals surface area contributed by atoms with Gasteiger partial charge < -0.3 is 10.1 Å². The first-order chi connectivity index (χ1) is 10.2. The van der Waals surface area contributed by atoms with E-state index in [1.54, 1.807) is 0 Å². The molecule has 1 N–H and O–H groups in total. The molecular weight excluding hydrogens is 262 g/mol. The minimum atomic E-state index is -0.390. The second-order valence-electron chi connectivity index (χ2n) is 5.39. The van der Waals surface area contributed by atoms with E-state index in [1.165, 1.54) is 11.1 Å². The Morgan fingerprint density at radius 2 is 1.95 bits per heavy atom. The van der Waals surface area contributed by atoms with Crippen LogP contribution in [0.5, 0.6) is 5.75 Å². The van der Waals surface area contributed by atoms with Crippen molar-refractivity contribution in [2.75, 3.05) is 6.54 Å². The van der Waals surface area contributed by atoms with E-state index in [0.29, 0.717) is 13.0 Å². The minimum absolute atomic E-state index is 0.0280. The van der Waals surface area contributed by atoms with Crippen LogP contribution in [0.3, 0.4) is 0 Å². The number of ether oxygens (including phenoxy) is 1. The highest BCUT2D eigenvalue weighted by Gasteiger charge is 2.28. The highest BCUT2D eigenvalue weighted by atomic mass is 16.5. The molecule has 1 unspecified atom stereocenters. The Bertz CT molecular complexity index is 626. The second kappa shape index (κ2) is 6.00. The monoisotopic (exact) mass is 281 g/mol. The first-order valence-electron chi connectivity index (χ1n) is 7.31. The Morgan fingerprint density at radius 1 is 1.19 bits per heavy atom. The van der Waals surface area contributed by atoms with E-state index in [0.717, 1.165) is 17.7 Å². The number of amides is 1. The Balaban J connectivity index is 1.51. The van der Waals surface area contributed by atoms with Crippen LogP contribution in [-0.2, 0) is 17.6 Å². The summed E-state index contributed by atoms with van der Waals surface area (Å²) in [4.78, 5) is 12.2. The van der Waals surface area contributed by atoms with E-state index < -0.39 is 0 Å². The molecule has 3 heteroatoms. The third-order valence-electron chi connectivity index (χ3n) is 3.89. The maximum Gasteiger partial charge on any atom is 0.261 e. The maximum absolute atomic E-state index is 12.2. The Kier molecular flexibility index (Phi) is 3.91. The summed E-state index contributed by atoms with van der Waals surface area (Å²) in [5.74, 6) is 0.802. The molecule has 21 heavy (non-hydrogen) atoms. The molecule has 1 atom stereocenters. The molecule has 0 fully saturated rings. The van der Waals surface area contributed by atoms with Gasteiger partial charge >= 0.3 is 0 Å². The number of hydrogen-bond donors (Lipinski definition) is 1. The number of nitrogens with one attached hydrogen (secondary N) is 1. The molecule has 1 heterocycles. The summed E-state index contributed by atoms with van der Waals surface area (Å²) in [5, 5.41) is 2.97. The van der Waals surface area contributed by atoms with E-state index in [1.807, 2.05) is 36.4 Å². The van der Waals surface area contributed by atoms with Gasteiger partial charge in [-0.25, -0.2) is 0 Å². The molecule has 108 valence electrons. The van der Waals surface area contributed by atoms with Gasteiger partial charge in [0, 0.05) is 13.0 Å². The van der Waals surface area contributed by atoms with Crippen LogP contribution < -0.4 is 10.1 Å². The fraction of sp³-hybridized carbons (Fsp3) is 0.278. The van der Waals surface area contributed by atoms with E-state index in [-0.39, 0.29) is 12.0 Å². The van der Waals surface area contributed by atoms with Gasteiger partial charge in [0.05, 0.1) is 0 Å². The average Bonchev–Trinajstić information content (AvgIpc) is 2.93. The summed E-state index contributed by atoms with van der Waals surface area (Å²) >= 11 is 0. The van der Waals surface area contributed by atoms with E-state index in [2.05, 4.69) is 24.4 Å². The van der Waals surface area contributed by atoms with Crippen LogP contribution in [-0.4, -0.2) is 18.6 Å². The molecule has 1 aliphatic heterocycles. The Hall–Kier alpha value is -2.29. The summed E-state index contributed by atoms with van der Waals surface area (Å²) in [6, 6.07) is 16.1. The quantitative estimate of drug-likeness (QED) is 0.935. The fourth-order valence-corrected chi connectivity index (χ4v) is 2.65. The molecule has 0 aliphatic carbocycles. The van der Waals surface area contributed by atoms with Crippen molar-refractivity contribution in [3.05, 3.63) is 65.2 Å². The summed E-state index contributed by atoms with van der Waals surface area (Å²) in [6.07, 6.45) is 1.11. The van der Waals surface area contributed by atoms with Crippen molar-refractivity contribution in [3.63, 3.8) is 0 Å². The van der Waals surface area contributed by atoms with Gasteiger partial charge in [-0.05, 0) is 36.1 Å². The van der Waals surface area contributed by atoms with Crippen LogP contribution in [0.25, 0.3) is 0 Å². The highest BCUT2D eigenvalue weighted by Crippen LogP contribution is 2.28. The SMILES string of the molecule is Cc1ccccc1CCNC(=O)C1Cc2ccccc2O1. The predicted octanol–water partition coefficient (Wildman–Crippen LogP) is 2.66. The number of hydrogen-bond acceptors (Lipinski definition) is 2. The summed E-state index contributed by atoms with van der Waals surface area (Å²) in [6.45, 7) is 2.73. The van der Waals surface area contributed by atoms with Crippen molar-refractivity contribution >= 4 is 5.91 Å². The van der Waals surface area contributed by atoms with Gasteiger partial charge in [-0.15, -0.1) is 0 Å². The number of carbonyl (C=O) groups excluding carboxylic acids is 1. The highest BCUT2D eigenvalue weighted by molar-refractivity contribution is 5.82. The molecule has 0 saturated carbocycles. The van der Waals surface area contributed by atoms with Gasteiger partial charge in [-0.1, -0.05) is 42.5 Å². The second-order valence-corrected chi connectivity index (χ2v) is 5.39. The zero-order valence-corrected chi connectivity index (χ0v) is 12.1. The van der Waals surface area contributed by atoms with Gasteiger partial charge in [0.25, 0.3) is 5.91 Å². The van der Waals surface area contributed by atoms with Crippen molar-refractivity contribution in [1.29, 1.82) is 0 Å². The number of rotatable bonds is 4. The minimum Gasteiger partial charge on any atom is -0.480 e. The lowest BCUT2D eigenvalue weighted by atomic mass is 10.1. The third-order valence-corrected chi connectivity index (χ3v) is 3.89. The zero-order chi connectivity index (χ0) is 14.7. The first kappa shape index (κ1) is 13.7. The van der Waals surface area contributed by atoms with Crippen LogP contribution in [0.15, 0.2) is 48.5 Å². The lowest BCUT2D eigenvalue weighted by molar-refractivity contribution is -0.127. The van der Waals surface area contributed by atoms with Crippen LogP contribution in [0, 0.1) is 6.92 Å². The molecule has 1 amide bonds. The van der Waals surface area contributed by atoms with Crippen molar-refractivity contribution in [3.8, 4) is 5.75 Å². The smallest absolute Gasteiger partial charge is 0.261 e. The predicted molar refractivity (Wildman–Crippen MR) is 82.5 cm³/mol. The summed E-state index contributed by atoms with van der Waals surface area (Å²) < 4.78 is 5.68. The lowest BCUT2D eigenvalue weighted by Crippen LogP contribution is -2.38. The van der Waals surface area contributed by atoms with Crippen LogP contribution >= 0.6 is 0 Å². The van der Waals surface area contributed by atoms with E-state index >= 15 is 0 Å². The number of benzene rings is 2. The lowest BCUT2D eigenvalue weighted by Gasteiger charge is -2.12. The topological polar surface area (TPSA) is 38.3 Å². The van der Waals surface area contributed by atoms with E-state index in [4.69, 9.17) is 4.74 Å². The fourth-order valence-electron chi connectivity index (χ4n) is 2.65. The molecule has 0 bridgehead atoms. The zero-order valence-electron chi connectivity index (χ0n) is 12.1. The largest absolute Gasteiger partial charge is 0.480 e. The van der Waals surface area contributed by atoms with Crippen LogP contribution in [0.1, 0.15) is 16.7 Å². The van der Waals surface area contributed by atoms with Gasteiger partial charge in [-0.2, -0.15) is 0 Å². The maximum atomic E-state index is 12.2. The molecule has 0 radical (unpaired) electrons. The van der Waals surface area contributed by atoms with Crippen LogP contribution in [0.2, 0.25) is 0 Å². The number of aryl methyl sites for hydroxylation is 1. The molecule has 3 nitrogen and oxygen atoms in total. The van der Waals surface area contributed by atoms with Gasteiger partial charge in [0.1, 0.15) is 5.75 Å². The molecule has 3 rings (SSSR count). The first-order valence-corrected chi connectivity index (χ1v) is 7.31. The molecule has 1 aliphatic rings.